The molecule has 0 atom stereocenters. The fraction of sp³-hybridized carbons (Fsp3) is 0.200. The van der Waals surface area contributed by atoms with Crippen molar-refractivity contribution in [2.24, 2.45) is 5.10 Å². The van der Waals surface area contributed by atoms with E-state index in [1.165, 1.54) is 0 Å². The first-order chi connectivity index (χ1) is 14.7. The summed E-state index contributed by atoms with van der Waals surface area (Å²) in [6, 6.07) is 14.7. The van der Waals surface area contributed by atoms with Gasteiger partial charge in [-0.15, -0.1) is 0 Å². The van der Waals surface area contributed by atoms with E-state index in [2.05, 4.69) is 30.8 Å². The maximum atomic E-state index is 6.16. The molecule has 1 aromatic heterocycles. The molecule has 1 aliphatic heterocycles. The van der Waals surface area contributed by atoms with Crippen molar-refractivity contribution in [3.63, 3.8) is 0 Å². The van der Waals surface area contributed by atoms with Crippen LogP contribution in [-0.2, 0) is 4.74 Å². The summed E-state index contributed by atoms with van der Waals surface area (Å²) in [5.74, 6) is 1.25. The molecule has 10 heteroatoms. The van der Waals surface area contributed by atoms with E-state index in [1.807, 2.05) is 35.2 Å². The van der Waals surface area contributed by atoms with E-state index in [9.17, 15) is 0 Å². The van der Waals surface area contributed by atoms with Crippen molar-refractivity contribution in [2.45, 2.75) is 0 Å². The number of halogens is 2. The minimum atomic E-state index is 0.311. The molecule has 1 aliphatic rings. The van der Waals surface area contributed by atoms with Gasteiger partial charge < -0.3 is 15.0 Å². The highest BCUT2D eigenvalue weighted by molar-refractivity contribution is 6.33. The molecule has 3 aromatic rings. The van der Waals surface area contributed by atoms with E-state index in [1.54, 1.807) is 24.4 Å². The molecule has 8 nitrogen and oxygen atoms in total. The lowest BCUT2D eigenvalue weighted by molar-refractivity contribution is 0.122. The second-order valence-corrected chi connectivity index (χ2v) is 7.25. The Kier molecular flexibility index (Phi) is 6.58. The number of morpholine rings is 1. The lowest BCUT2D eigenvalue weighted by atomic mass is 10.2. The number of benzene rings is 2. The molecule has 0 aliphatic carbocycles. The molecular weight excluding hydrogens is 425 g/mol. The summed E-state index contributed by atoms with van der Waals surface area (Å²) in [6.07, 6.45) is 1.62. The topological polar surface area (TPSA) is 87.6 Å². The summed E-state index contributed by atoms with van der Waals surface area (Å²) in [6.45, 7) is 2.65. The van der Waals surface area contributed by atoms with Gasteiger partial charge in [0, 0.05) is 34.4 Å². The Morgan fingerprint density at radius 2 is 1.67 bits per heavy atom. The van der Waals surface area contributed by atoms with Crippen LogP contribution in [0.3, 0.4) is 0 Å². The van der Waals surface area contributed by atoms with Crippen molar-refractivity contribution in [3.05, 3.63) is 64.1 Å². The minimum absolute atomic E-state index is 0.311. The third-order valence-corrected chi connectivity index (χ3v) is 4.89. The zero-order valence-corrected chi connectivity index (χ0v) is 17.4. The molecule has 4 rings (SSSR count). The van der Waals surface area contributed by atoms with Gasteiger partial charge in [-0.2, -0.15) is 20.1 Å². The molecule has 0 unspecified atom stereocenters. The predicted molar refractivity (Wildman–Crippen MR) is 120 cm³/mol. The molecule has 2 aromatic carbocycles. The summed E-state index contributed by atoms with van der Waals surface area (Å²) in [5.41, 5.74) is 4.46. The second kappa shape index (κ2) is 9.71. The van der Waals surface area contributed by atoms with Crippen molar-refractivity contribution in [1.82, 2.24) is 15.0 Å². The Morgan fingerprint density at radius 3 is 2.43 bits per heavy atom. The molecule has 0 amide bonds. The van der Waals surface area contributed by atoms with E-state index >= 15 is 0 Å². The van der Waals surface area contributed by atoms with Gasteiger partial charge in [-0.05, 0) is 30.3 Å². The quantitative estimate of drug-likeness (QED) is 0.435. The van der Waals surface area contributed by atoms with Gasteiger partial charge in [-0.1, -0.05) is 41.4 Å². The number of rotatable bonds is 6. The number of hydrogen-bond acceptors (Lipinski definition) is 8. The molecule has 2 heterocycles. The van der Waals surface area contributed by atoms with E-state index < -0.39 is 0 Å². The summed E-state index contributed by atoms with van der Waals surface area (Å²) in [4.78, 5) is 15.5. The zero-order chi connectivity index (χ0) is 20.8. The van der Waals surface area contributed by atoms with Crippen molar-refractivity contribution in [3.8, 4) is 0 Å². The lowest BCUT2D eigenvalue weighted by Gasteiger charge is -2.27. The highest BCUT2D eigenvalue weighted by Crippen LogP contribution is 2.20. The summed E-state index contributed by atoms with van der Waals surface area (Å²) in [5, 5.41) is 8.66. The van der Waals surface area contributed by atoms with Crippen molar-refractivity contribution < 1.29 is 4.74 Å². The van der Waals surface area contributed by atoms with Crippen LogP contribution >= 0.6 is 23.2 Å². The maximum absolute atomic E-state index is 6.16. The molecule has 0 radical (unpaired) electrons. The van der Waals surface area contributed by atoms with Gasteiger partial charge in [0.05, 0.1) is 19.4 Å². The fourth-order valence-corrected chi connectivity index (χ4v) is 3.09. The van der Waals surface area contributed by atoms with E-state index in [4.69, 9.17) is 27.9 Å². The number of nitrogens with one attached hydrogen (secondary N) is 2. The normalized spacial score (nSPS) is 14.1. The molecular formula is C20H19Cl2N7O. The van der Waals surface area contributed by atoms with Crippen molar-refractivity contribution in [2.75, 3.05) is 41.9 Å². The molecule has 0 spiro atoms. The number of ether oxygens (including phenoxy) is 1. The van der Waals surface area contributed by atoms with Crippen molar-refractivity contribution in [1.29, 1.82) is 0 Å². The van der Waals surface area contributed by atoms with Gasteiger partial charge in [0.2, 0.25) is 17.8 Å². The Labute approximate surface area is 183 Å². The third kappa shape index (κ3) is 5.35. The molecule has 0 bridgehead atoms. The van der Waals surface area contributed by atoms with Gasteiger partial charge in [0.25, 0.3) is 0 Å². The Hall–Kier alpha value is -2.94. The first kappa shape index (κ1) is 20.3. The summed E-state index contributed by atoms with van der Waals surface area (Å²) in [7, 11) is 0. The zero-order valence-electron chi connectivity index (χ0n) is 15.9. The molecule has 1 fully saturated rings. The predicted octanol–water partition coefficient (Wildman–Crippen LogP) is 4.20. The minimum Gasteiger partial charge on any atom is -0.378 e. The van der Waals surface area contributed by atoms with E-state index in [-0.39, 0.29) is 0 Å². The van der Waals surface area contributed by atoms with Crippen LogP contribution in [-0.4, -0.2) is 47.5 Å². The van der Waals surface area contributed by atoms with Crippen LogP contribution in [0.2, 0.25) is 10.0 Å². The average molecular weight is 444 g/mol. The fourth-order valence-electron chi connectivity index (χ4n) is 2.78. The number of anilines is 4. The highest BCUT2D eigenvalue weighted by Gasteiger charge is 2.16. The summed E-state index contributed by atoms with van der Waals surface area (Å²) >= 11 is 12.1. The first-order valence-corrected chi connectivity index (χ1v) is 10.1. The molecule has 0 saturated carbocycles. The third-order valence-electron chi connectivity index (χ3n) is 4.29. The number of hydrazone groups is 1. The van der Waals surface area contributed by atoms with Gasteiger partial charge >= 0.3 is 0 Å². The van der Waals surface area contributed by atoms with E-state index in [0.717, 1.165) is 11.3 Å². The highest BCUT2D eigenvalue weighted by atomic mass is 35.5. The molecule has 154 valence electrons. The largest absolute Gasteiger partial charge is 0.378 e. The molecule has 2 N–H and O–H groups in total. The van der Waals surface area contributed by atoms with Crippen LogP contribution in [0.1, 0.15) is 5.56 Å². The van der Waals surface area contributed by atoms with Crippen LogP contribution in [0, 0.1) is 0 Å². The Morgan fingerprint density at radius 1 is 0.933 bits per heavy atom. The van der Waals surface area contributed by atoms with Crippen LogP contribution in [0.25, 0.3) is 0 Å². The number of hydrogen-bond donors (Lipinski definition) is 2. The van der Waals surface area contributed by atoms with Crippen LogP contribution < -0.4 is 15.6 Å². The van der Waals surface area contributed by atoms with Gasteiger partial charge in [-0.3, -0.25) is 0 Å². The Bertz CT molecular complexity index is 1020. The molecule has 1 saturated heterocycles. The Balaban J connectivity index is 1.57. The van der Waals surface area contributed by atoms with Crippen LogP contribution in [0.4, 0.5) is 23.5 Å². The standard InChI is InChI=1S/C20H19Cl2N7O/c21-15-5-7-16(8-6-15)24-18-25-19(27-20(26-18)29-9-11-30-12-10-29)28-23-13-14-3-1-2-4-17(14)22/h1-8,13H,9-12H2,(H2,24,25,26,27,28). The monoisotopic (exact) mass is 443 g/mol. The smallest absolute Gasteiger partial charge is 0.250 e. The number of nitrogens with zero attached hydrogens (tertiary/aromatic N) is 5. The van der Waals surface area contributed by atoms with Gasteiger partial charge in [-0.25, -0.2) is 5.43 Å². The van der Waals surface area contributed by atoms with E-state index in [0.29, 0.717) is 54.2 Å². The average Bonchev–Trinajstić information content (AvgIpc) is 2.77. The molecule has 30 heavy (non-hydrogen) atoms. The van der Waals surface area contributed by atoms with Gasteiger partial charge in [0.15, 0.2) is 0 Å². The second-order valence-electron chi connectivity index (χ2n) is 6.41. The summed E-state index contributed by atoms with van der Waals surface area (Å²) < 4.78 is 5.42. The SMILES string of the molecule is Clc1ccc(Nc2nc(NN=Cc3ccccc3Cl)nc(N3CCOCC3)n2)cc1. The van der Waals surface area contributed by atoms with Crippen molar-refractivity contribution >= 4 is 52.9 Å². The van der Waals surface area contributed by atoms with Gasteiger partial charge in [0.1, 0.15) is 0 Å². The number of aromatic nitrogens is 3. The maximum Gasteiger partial charge on any atom is 0.250 e. The lowest BCUT2D eigenvalue weighted by Crippen LogP contribution is -2.37. The van der Waals surface area contributed by atoms with Crippen LogP contribution in [0.15, 0.2) is 53.6 Å². The van der Waals surface area contributed by atoms with Crippen LogP contribution in [0.5, 0.6) is 0 Å². The first-order valence-electron chi connectivity index (χ1n) is 9.32.